The summed E-state index contributed by atoms with van der Waals surface area (Å²) in [6.07, 6.45) is 0. The molecule has 0 amide bonds. The average Bonchev–Trinajstić information content (AvgIpc) is 2.39. The number of hydrogen-bond donors (Lipinski definition) is 1. The molecule has 0 saturated heterocycles. The standard InChI is InChI=1S/C13H8Cl2N2O4/c1-6(18)10-5-8(13(20)21)12(19)17(16-10)11-3-2-7(14)4-9(11)15/h2-5H,1H3,(H,20,21). The summed E-state index contributed by atoms with van der Waals surface area (Å²) in [5.41, 5.74) is -1.48. The third-order valence-corrected chi connectivity index (χ3v) is 3.18. The zero-order valence-corrected chi connectivity index (χ0v) is 12.1. The molecule has 0 aliphatic heterocycles. The van der Waals surface area contributed by atoms with E-state index in [4.69, 9.17) is 28.3 Å². The number of Topliss-reactive ketones (excluding diaryl/α,β-unsaturated/α-hetero) is 1. The summed E-state index contributed by atoms with van der Waals surface area (Å²) in [6, 6.07) is 5.20. The molecular formula is C13H8Cl2N2O4. The first-order chi connectivity index (χ1) is 9.81. The number of carboxylic acid groups (broad SMARTS) is 1. The van der Waals surface area contributed by atoms with Crippen LogP contribution >= 0.6 is 23.2 Å². The van der Waals surface area contributed by atoms with E-state index in [2.05, 4.69) is 5.10 Å². The van der Waals surface area contributed by atoms with Gasteiger partial charge in [-0.25, -0.2) is 4.79 Å². The van der Waals surface area contributed by atoms with Crippen molar-refractivity contribution in [2.75, 3.05) is 0 Å². The van der Waals surface area contributed by atoms with Gasteiger partial charge in [0.1, 0.15) is 11.3 Å². The highest BCUT2D eigenvalue weighted by atomic mass is 35.5. The Morgan fingerprint density at radius 2 is 1.90 bits per heavy atom. The number of carboxylic acids is 1. The van der Waals surface area contributed by atoms with E-state index in [1.54, 1.807) is 0 Å². The Hall–Kier alpha value is -2.18. The molecule has 0 atom stereocenters. The van der Waals surface area contributed by atoms with Crippen molar-refractivity contribution in [3.8, 4) is 5.69 Å². The quantitative estimate of drug-likeness (QED) is 0.875. The maximum Gasteiger partial charge on any atom is 0.341 e. The molecule has 0 aliphatic carbocycles. The summed E-state index contributed by atoms with van der Waals surface area (Å²) in [4.78, 5) is 34.7. The molecule has 0 aliphatic rings. The van der Waals surface area contributed by atoms with Crippen LogP contribution in [0.2, 0.25) is 10.0 Å². The highest BCUT2D eigenvalue weighted by molar-refractivity contribution is 6.35. The van der Waals surface area contributed by atoms with Gasteiger partial charge in [-0.3, -0.25) is 9.59 Å². The second-order valence-corrected chi connectivity index (χ2v) is 4.96. The van der Waals surface area contributed by atoms with Crippen molar-refractivity contribution in [2.24, 2.45) is 0 Å². The normalized spacial score (nSPS) is 10.4. The number of benzene rings is 1. The van der Waals surface area contributed by atoms with Gasteiger partial charge in [0.05, 0.1) is 10.7 Å². The predicted molar refractivity (Wildman–Crippen MR) is 76.8 cm³/mol. The molecule has 1 aromatic heterocycles. The molecule has 1 N–H and O–H groups in total. The number of aromatic nitrogens is 2. The molecule has 0 radical (unpaired) electrons. The Balaban J connectivity index is 2.81. The van der Waals surface area contributed by atoms with E-state index < -0.39 is 22.9 Å². The Kier molecular flexibility index (Phi) is 4.11. The molecule has 8 heteroatoms. The van der Waals surface area contributed by atoms with Gasteiger partial charge in [0, 0.05) is 11.9 Å². The molecule has 1 heterocycles. The van der Waals surface area contributed by atoms with Gasteiger partial charge in [-0.2, -0.15) is 9.78 Å². The van der Waals surface area contributed by atoms with Crippen LogP contribution in [0.5, 0.6) is 0 Å². The van der Waals surface area contributed by atoms with E-state index in [1.165, 1.54) is 25.1 Å². The number of hydrogen-bond acceptors (Lipinski definition) is 4. The minimum absolute atomic E-state index is 0.106. The fraction of sp³-hybridized carbons (Fsp3) is 0.0769. The highest BCUT2D eigenvalue weighted by Gasteiger charge is 2.18. The summed E-state index contributed by atoms with van der Waals surface area (Å²) in [5.74, 6) is -1.93. The highest BCUT2D eigenvalue weighted by Crippen LogP contribution is 2.23. The lowest BCUT2D eigenvalue weighted by Gasteiger charge is -2.09. The number of ketones is 1. The lowest BCUT2D eigenvalue weighted by Crippen LogP contribution is -2.29. The van der Waals surface area contributed by atoms with E-state index in [0.29, 0.717) is 5.02 Å². The third kappa shape index (κ3) is 2.96. The van der Waals surface area contributed by atoms with Crippen molar-refractivity contribution >= 4 is 35.0 Å². The van der Waals surface area contributed by atoms with E-state index in [1.807, 2.05) is 0 Å². The van der Waals surface area contributed by atoms with E-state index >= 15 is 0 Å². The molecule has 0 spiro atoms. The zero-order valence-electron chi connectivity index (χ0n) is 10.6. The molecule has 6 nitrogen and oxygen atoms in total. The molecule has 0 unspecified atom stereocenters. The van der Waals surface area contributed by atoms with Gasteiger partial charge in [0.25, 0.3) is 5.56 Å². The topological polar surface area (TPSA) is 89.3 Å². The lowest BCUT2D eigenvalue weighted by atomic mass is 10.2. The number of halogens is 2. The second kappa shape index (κ2) is 5.67. The fourth-order valence-corrected chi connectivity index (χ4v) is 2.12. The van der Waals surface area contributed by atoms with Crippen LogP contribution in [0.25, 0.3) is 5.69 Å². The van der Waals surface area contributed by atoms with Crippen molar-refractivity contribution in [3.63, 3.8) is 0 Å². The van der Waals surface area contributed by atoms with Crippen LogP contribution in [-0.4, -0.2) is 26.6 Å². The van der Waals surface area contributed by atoms with Crippen molar-refractivity contribution < 1.29 is 14.7 Å². The number of carbonyl (C=O) groups excluding carboxylic acids is 1. The van der Waals surface area contributed by atoms with Crippen LogP contribution in [0, 0.1) is 0 Å². The fourth-order valence-electron chi connectivity index (χ4n) is 1.64. The summed E-state index contributed by atoms with van der Waals surface area (Å²) in [5, 5.41) is 13.3. The van der Waals surface area contributed by atoms with Gasteiger partial charge in [-0.15, -0.1) is 0 Å². The predicted octanol–water partition coefficient (Wildman–Crippen LogP) is 2.44. The molecule has 1 aromatic carbocycles. The molecule has 2 rings (SSSR count). The maximum absolute atomic E-state index is 12.1. The maximum atomic E-state index is 12.1. The Bertz CT molecular complexity index is 814. The number of rotatable bonds is 3. The van der Waals surface area contributed by atoms with Crippen LogP contribution in [-0.2, 0) is 0 Å². The Morgan fingerprint density at radius 3 is 2.43 bits per heavy atom. The zero-order chi connectivity index (χ0) is 15.7. The first-order valence-electron chi connectivity index (χ1n) is 5.65. The first kappa shape index (κ1) is 15.2. The SMILES string of the molecule is CC(=O)c1cc(C(=O)O)c(=O)n(-c2ccc(Cl)cc2Cl)n1. The summed E-state index contributed by atoms with van der Waals surface area (Å²) in [6.45, 7) is 1.21. The van der Waals surface area contributed by atoms with Crippen LogP contribution in [0.15, 0.2) is 29.1 Å². The van der Waals surface area contributed by atoms with Crippen LogP contribution in [0.4, 0.5) is 0 Å². The monoisotopic (exact) mass is 326 g/mol. The van der Waals surface area contributed by atoms with Crippen LogP contribution in [0.3, 0.4) is 0 Å². The minimum atomic E-state index is -1.45. The first-order valence-corrected chi connectivity index (χ1v) is 6.41. The molecule has 108 valence electrons. The Labute approximate surface area is 128 Å². The van der Waals surface area contributed by atoms with Gasteiger partial charge in [-0.05, 0) is 24.3 Å². The lowest BCUT2D eigenvalue weighted by molar-refractivity contribution is 0.0694. The van der Waals surface area contributed by atoms with E-state index in [0.717, 1.165) is 10.7 Å². The molecule has 0 saturated carbocycles. The molecular weight excluding hydrogens is 319 g/mol. The van der Waals surface area contributed by atoms with Gasteiger partial charge in [0.15, 0.2) is 5.78 Å². The Morgan fingerprint density at radius 1 is 1.24 bits per heavy atom. The van der Waals surface area contributed by atoms with Crippen molar-refractivity contribution in [2.45, 2.75) is 6.92 Å². The second-order valence-electron chi connectivity index (χ2n) is 4.12. The summed E-state index contributed by atoms with van der Waals surface area (Å²) in [7, 11) is 0. The minimum Gasteiger partial charge on any atom is -0.477 e. The third-order valence-electron chi connectivity index (χ3n) is 2.64. The average molecular weight is 327 g/mol. The van der Waals surface area contributed by atoms with Gasteiger partial charge in [0.2, 0.25) is 0 Å². The van der Waals surface area contributed by atoms with Crippen LogP contribution < -0.4 is 5.56 Å². The van der Waals surface area contributed by atoms with E-state index in [-0.39, 0.29) is 16.4 Å². The van der Waals surface area contributed by atoms with E-state index in [9.17, 15) is 14.4 Å². The smallest absolute Gasteiger partial charge is 0.341 e. The van der Waals surface area contributed by atoms with Crippen molar-refractivity contribution in [1.82, 2.24) is 9.78 Å². The molecule has 0 fully saturated rings. The van der Waals surface area contributed by atoms with Gasteiger partial charge >= 0.3 is 5.97 Å². The molecule has 21 heavy (non-hydrogen) atoms. The number of aromatic carboxylic acids is 1. The molecule has 0 bridgehead atoms. The van der Waals surface area contributed by atoms with Crippen LogP contribution in [0.1, 0.15) is 27.8 Å². The number of nitrogens with zero attached hydrogens (tertiary/aromatic N) is 2. The van der Waals surface area contributed by atoms with Gasteiger partial charge < -0.3 is 5.11 Å². The largest absolute Gasteiger partial charge is 0.477 e. The summed E-state index contributed by atoms with van der Waals surface area (Å²) >= 11 is 11.8. The molecule has 2 aromatic rings. The van der Waals surface area contributed by atoms with Gasteiger partial charge in [-0.1, -0.05) is 23.2 Å². The van der Waals surface area contributed by atoms with Crippen molar-refractivity contribution in [1.29, 1.82) is 0 Å². The van der Waals surface area contributed by atoms with Crippen molar-refractivity contribution in [3.05, 3.63) is 55.9 Å². The summed E-state index contributed by atoms with van der Waals surface area (Å²) < 4.78 is 0.777. The number of carbonyl (C=O) groups is 2.